The van der Waals surface area contributed by atoms with E-state index in [1.54, 1.807) is 0 Å². The third kappa shape index (κ3) is 2.06. The summed E-state index contributed by atoms with van der Waals surface area (Å²) >= 11 is 0. The molecule has 1 heteroatoms. The van der Waals surface area contributed by atoms with Crippen LogP contribution in [0.25, 0.3) is 0 Å². The maximum Gasteiger partial charge on any atom is 0.0270 e. The third-order valence-electron chi connectivity index (χ3n) is 3.46. The molecule has 0 aliphatic heterocycles. The molecule has 0 aromatic rings. The van der Waals surface area contributed by atoms with E-state index in [0.29, 0.717) is 11.8 Å². The molecule has 0 spiro atoms. The lowest BCUT2D eigenvalue weighted by Crippen LogP contribution is -2.14. The highest BCUT2D eigenvalue weighted by molar-refractivity contribution is 5.39. The van der Waals surface area contributed by atoms with E-state index < -0.39 is 0 Å². The van der Waals surface area contributed by atoms with Gasteiger partial charge in [0.15, 0.2) is 0 Å². The van der Waals surface area contributed by atoms with Gasteiger partial charge in [0.25, 0.3) is 0 Å². The van der Waals surface area contributed by atoms with Gasteiger partial charge in [-0.1, -0.05) is 31.7 Å². The molecule has 0 aromatic heterocycles. The second kappa shape index (κ2) is 4.09. The van der Waals surface area contributed by atoms with Gasteiger partial charge in [0, 0.05) is 11.6 Å². The molecule has 0 saturated carbocycles. The van der Waals surface area contributed by atoms with Crippen LogP contribution in [0.5, 0.6) is 0 Å². The van der Waals surface area contributed by atoms with Crippen LogP contribution in [-0.4, -0.2) is 0 Å². The van der Waals surface area contributed by atoms with E-state index in [0.717, 1.165) is 12.1 Å². The molecule has 2 rings (SSSR count). The highest BCUT2D eigenvalue weighted by Crippen LogP contribution is 2.35. The zero-order valence-corrected chi connectivity index (χ0v) is 9.37. The molecule has 0 bridgehead atoms. The summed E-state index contributed by atoms with van der Waals surface area (Å²) in [6, 6.07) is 0. The minimum Gasteiger partial charge on any atom is -0.399 e. The minimum absolute atomic E-state index is 0.507. The van der Waals surface area contributed by atoms with Crippen molar-refractivity contribution in [3.05, 3.63) is 47.7 Å². The van der Waals surface area contributed by atoms with Gasteiger partial charge in [-0.05, 0) is 42.4 Å². The second-order valence-electron chi connectivity index (χ2n) is 4.57. The van der Waals surface area contributed by atoms with E-state index >= 15 is 0 Å². The monoisotopic (exact) mass is 201 g/mol. The molecular weight excluding hydrogens is 182 g/mol. The Kier molecular flexibility index (Phi) is 2.81. The van der Waals surface area contributed by atoms with Crippen LogP contribution in [0.4, 0.5) is 0 Å². The Bertz CT molecular complexity index is 358. The molecule has 2 unspecified atom stereocenters. The number of rotatable bonds is 1. The molecule has 0 aromatic carbocycles. The van der Waals surface area contributed by atoms with Crippen molar-refractivity contribution in [1.82, 2.24) is 0 Å². The van der Waals surface area contributed by atoms with Crippen LogP contribution in [0.1, 0.15) is 26.2 Å². The SMILES string of the molecule is C=C1C(C2C=CC(N)=CC2)=CCCC1C. The Labute approximate surface area is 92.1 Å². The summed E-state index contributed by atoms with van der Waals surface area (Å²) in [6.07, 6.45) is 12.2. The number of allylic oxidation sites excluding steroid dienone is 6. The first kappa shape index (κ1) is 10.3. The van der Waals surface area contributed by atoms with Gasteiger partial charge in [-0.2, -0.15) is 0 Å². The molecule has 1 nitrogen and oxygen atoms in total. The summed E-state index contributed by atoms with van der Waals surface area (Å²) in [5, 5.41) is 0. The van der Waals surface area contributed by atoms with Gasteiger partial charge in [-0.3, -0.25) is 0 Å². The standard InChI is InChI=1S/C14H19N/c1-10-4-3-5-14(11(10)2)12-6-8-13(15)9-7-12/h5-6,8-10,12H,2-4,7,15H2,1H3. The van der Waals surface area contributed by atoms with E-state index in [9.17, 15) is 0 Å². The van der Waals surface area contributed by atoms with Crippen LogP contribution in [0.3, 0.4) is 0 Å². The van der Waals surface area contributed by atoms with Gasteiger partial charge in [0.2, 0.25) is 0 Å². The Morgan fingerprint density at radius 2 is 2.20 bits per heavy atom. The van der Waals surface area contributed by atoms with Crippen molar-refractivity contribution in [3.63, 3.8) is 0 Å². The maximum absolute atomic E-state index is 5.72. The summed E-state index contributed by atoms with van der Waals surface area (Å²) in [6.45, 7) is 6.49. The zero-order valence-electron chi connectivity index (χ0n) is 9.37. The number of hydrogen-bond donors (Lipinski definition) is 1. The van der Waals surface area contributed by atoms with E-state index in [4.69, 9.17) is 5.73 Å². The van der Waals surface area contributed by atoms with E-state index in [-0.39, 0.29) is 0 Å². The molecule has 2 aliphatic carbocycles. The average molecular weight is 201 g/mol. The van der Waals surface area contributed by atoms with Crippen molar-refractivity contribution in [1.29, 1.82) is 0 Å². The Hall–Kier alpha value is -1.24. The Morgan fingerprint density at radius 1 is 1.40 bits per heavy atom. The number of nitrogens with two attached hydrogens (primary N) is 1. The van der Waals surface area contributed by atoms with Crippen molar-refractivity contribution < 1.29 is 0 Å². The molecule has 15 heavy (non-hydrogen) atoms. The molecule has 0 saturated heterocycles. The fourth-order valence-electron chi connectivity index (χ4n) is 2.34. The summed E-state index contributed by atoms with van der Waals surface area (Å²) in [4.78, 5) is 0. The van der Waals surface area contributed by atoms with Crippen LogP contribution in [-0.2, 0) is 0 Å². The lowest BCUT2D eigenvalue weighted by atomic mass is 9.78. The van der Waals surface area contributed by atoms with Gasteiger partial charge in [-0.25, -0.2) is 0 Å². The average Bonchev–Trinajstić information content (AvgIpc) is 2.24. The van der Waals surface area contributed by atoms with Gasteiger partial charge >= 0.3 is 0 Å². The molecule has 0 fully saturated rings. The molecule has 2 atom stereocenters. The maximum atomic E-state index is 5.72. The van der Waals surface area contributed by atoms with Gasteiger partial charge in [0.1, 0.15) is 0 Å². The normalized spacial score (nSPS) is 31.1. The number of hydrogen-bond acceptors (Lipinski definition) is 1. The van der Waals surface area contributed by atoms with Crippen LogP contribution < -0.4 is 5.73 Å². The largest absolute Gasteiger partial charge is 0.399 e. The molecular formula is C14H19N. The minimum atomic E-state index is 0.507. The van der Waals surface area contributed by atoms with Gasteiger partial charge in [0.05, 0.1) is 0 Å². The third-order valence-corrected chi connectivity index (χ3v) is 3.46. The van der Waals surface area contributed by atoms with Crippen molar-refractivity contribution in [2.24, 2.45) is 17.6 Å². The Morgan fingerprint density at radius 3 is 2.87 bits per heavy atom. The van der Waals surface area contributed by atoms with Crippen LogP contribution >= 0.6 is 0 Å². The van der Waals surface area contributed by atoms with Crippen LogP contribution in [0.2, 0.25) is 0 Å². The summed E-state index contributed by atoms with van der Waals surface area (Å²) in [7, 11) is 0. The van der Waals surface area contributed by atoms with Gasteiger partial charge in [-0.15, -0.1) is 0 Å². The fourth-order valence-corrected chi connectivity index (χ4v) is 2.34. The van der Waals surface area contributed by atoms with Crippen molar-refractivity contribution in [2.45, 2.75) is 26.2 Å². The second-order valence-corrected chi connectivity index (χ2v) is 4.57. The Balaban J connectivity index is 2.15. The molecule has 0 radical (unpaired) electrons. The smallest absolute Gasteiger partial charge is 0.0270 e. The van der Waals surface area contributed by atoms with Crippen LogP contribution in [0.15, 0.2) is 47.7 Å². The van der Waals surface area contributed by atoms with E-state index in [1.165, 1.54) is 24.0 Å². The highest BCUT2D eigenvalue weighted by Gasteiger charge is 2.21. The van der Waals surface area contributed by atoms with Crippen molar-refractivity contribution >= 4 is 0 Å². The summed E-state index contributed by atoms with van der Waals surface area (Å²) in [5.74, 6) is 1.15. The lowest BCUT2D eigenvalue weighted by molar-refractivity contribution is 0.579. The highest BCUT2D eigenvalue weighted by atomic mass is 14.6. The van der Waals surface area contributed by atoms with E-state index in [1.807, 2.05) is 6.08 Å². The van der Waals surface area contributed by atoms with Crippen molar-refractivity contribution in [2.75, 3.05) is 0 Å². The molecule has 80 valence electrons. The van der Waals surface area contributed by atoms with E-state index in [2.05, 4.69) is 31.7 Å². The predicted octanol–water partition coefficient (Wildman–Crippen LogP) is 3.32. The first-order valence-electron chi connectivity index (χ1n) is 5.71. The summed E-state index contributed by atoms with van der Waals surface area (Å²) in [5.41, 5.74) is 9.37. The first-order valence-corrected chi connectivity index (χ1v) is 5.71. The molecule has 0 heterocycles. The molecule has 0 amide bonds. The molecule has 2 N–H and O–H groups in total. The lowest BCUT2D eigenvalue weighted by Gasteiger charge is -2.27. The topological polar surface area (TPSA) is 26.0 Å². The molecule has 2 aliphatic rings. The zero-order chi connectivity index (χ0) is 10.8. The quantitative estimate of drug-likeness (QED) is 0.692. The summed E-state index contributed by atoms with van der Waals surface area (Å²) < 4.78 is 0. The predicted molar refractivity (Wildman–Crippen MR) is 65.1 cm³/mol. The van der Waals surface area contributed by atoms with Gasteiger partial charge < -0.3 is 5.73 Å². The fraction of sp³-hybridized carbons (Fsp3) is 0.429. The first-order chi connectivity index (χ1) is 7.18. The van der Waals surface area contributed by atoms with Crippen LogP contribution in [0, 0.1) is 11.8 Å². The van der Waals surface area contributed by atoms with Crippen molar-refractivity contribution in [3.8, 4) is 0 Å².